The Balaban J connectivity index is 1.22. The molecule has 1 saturated heterocycles. The Labute approximate surface area is 178 Å². The second kappa shape index (κ2) is 9.94. The maximum Gasteiger partial charge on any atom is 0.119 e. The molecule has 5 heteroatoms. The van der Waals surface area contributed by atoms with Gasteiger partial charge in [-0.1, -0.05) is 42.5 Å². The van der Waals surface area contributed by atoms with Gasteiger partial charge in [-0.2, -0.15) is 0 Å². The highest BCUT2D eigenvalue weighted by atomic mass is 16.5. The SMILES string of the molecule is COc1ccc(OCC(O)CN2CCN(Cc3cccc4ccccc34)CC2)cc1. The van der Waals surface area contributed by atoms with Crippen molar-refractivity contribution in [3.8, 4) is 11.5 Å². The standard InChI is InChI=1S/C25H30N2O3/c1-29-23-9-11-24(12-10-23)30-19-22(28)18-27-15-13-26(14-16-27)17-21-7-4-6-20-5-2-3-8-25(20)21/h2-12,22,28H,13-19H2,1H3. The fourth-order valence-corrected chi connectivity index (χ4v) is 4.02. The third-order valence-electron chi connectivity index (χ3n) is 5.71. The Morgan fingerprint density at radius 3 is 2.27 bits per heavy atom. The number of hydrogen-bond acceptors (Lipinski definition) is 5. The topological polar surface area (TPSA) is 45.2 Å². The maximum absolute atomic E-state index is 10.4. The number of β-amino-alcohol motifs (C(OH)–C–C–N with tert-alkyl or cyclic N) is 1. The molecule has 1 atom stereocenters. The average molecular weight is 407 g/mol. The second-order valence-electron chi connectivity index (χ2n) is 7.86. The van der Waals surface area contributed by atoms with Gasteiger partial charge in [0.1, 0.15) is 24.2 Å². The van der Waals surface area contributed by atoms with E-state index in [4.69, 9.17) is 9.47 Å². The molecule has 0 amide bonds. The van der Waals surface area contributed by atoms with Crippen LogP contribution in [0.5, 0.6) is 11.5 Å². The molecule has 5 nitrogen and oxygen atoms in total. The van der Waals surface area contributed by atoms with Crippen LogP contribution in [0.2, 0.25) is 0 Å². The molecular formula is C25H30N2O3. The number of aliphatic hydroxyl groups excluding tert-OH is 1. The number of aliphatic hydroxyl groups is 1. The summed E-state index contributed by atoms with van der Waals surface area (Å²) >= 11 is 0. The Bertz CT molecular complexity index is 931. The van der Waals surface area contributed by atoms with Crippen molar-refractivity contribution in [1.29, 1.82) is 0 Å². The van der Waals surface area contributed by atoms with E-state index in [0.717, 1.165) is 44.2 Å². The van der Waals surface area contributed by atoms with Gasteiger partial charge in [-0.15, -0.1) is 0 Å². The van der Waals surface area contributed by atoms with Crippen LogP contribution < -0.4 is 9.47 Å². The van der Waals surface area contributed by atoms with Crippen LogP contribution in [-0.2, 0) is 6.54 Å². The lowest BCUT2D eigenvalue weighted by molar-refractivity contribution is 0.0447. The molecular weight excluding hydrogens is 376 g/mol. The molecule has 0 spiro atoms. The molecule has 1 aliphatic rings. The zero-order valence-corrected chi connectivity index (χ0v) is 17.5. The lowest BCUT2D eigenvalue weighted by atomic mass is 10.0. The number of benzene rings is 3. The maximum atomic E-state index is 10.4. The van der Waals surface area contributed by atoms with Crippen molar-refractivity contribution in [3.63, 3.8) is 0 Å². The predicted octanol–water partition coefficient (Wildman–Crippen LogP) is 3.41. The van der Waals surface area contributed by atoms with E-state index in [2.05, 4.69) is 52.3 Å². The fraction of sp³-hybridized carbons (Fsp3) is 0.360. The molecule has 0 aliphatic carbocycles. The van der Waals surface area contributed by atoms with Crippen LogP contribution >= 0.6 is 0 Å². The average Bonchev–Trinajstić information content (AvgIpc) is 2.79. The number of rotatable bonds is 8. The van der Waals surface area contributed by atoms with Crippen LogP contribution in [0, 0.1) is 0 Å². The first-order valence-corrected chi connectivity index (χ1v) is 10.6. The van der Waals surface area contributed by atoms with Gasteiger partial charge >= 0.3 is 0 Å². The minimum Gasteiger partial charge on any atom is -0.497 e. The highest BCUT2D eigenvalue weighted by Gasteiger charge is 2.20. The largest absolute Gasteiger partial charge is 0.497 e. The van der Waals surface area contributed by atoms with Crippen molar-refractivity contribution in [2.45, 2.75) is 12.6 Å². The number of ether oxygens (including phenoxy) is 2. The molecule has 1 fully saturated rings. The van der Waals surface area contributed by atoms with Gasteiger partial charge in [0.25, 0.3) is 0 Å². The Morgan fingerprint density at radius 1 is 0.833 bits per heavy atom. The molecule has 4 rings (SSSR count). The summed E-state index contributed by atoms with van der Waals surface area (Å²) in [7, 11) is 1.64. The van der Waals surface area contributed by atoms with Crippen LogP contribution in [-0.4, -0.2) is 67.5 Å². The summed E-state index contributed by atoms with van der Waals surface area (Å²) in [6.45, 7) is 5.85. The van der Waals surface area contributed by atoms with Crippen LogP contribution in [0.3, 0.4) is 0 Å². The van der Waals surface area contributed by atoms with Gasteiger partial charge in [-0.3, -0.25) is 9.80 Å². The first-order valence-electron chi connectivity index (χ1n) is 10.6. The smallest absolute Gasteiger partial charge is 0.119 e. The van der Waals surface area contributed by atoms with Crippen molar-refractivity contribution >= 4 is 10.8 Å². The van der Waals surface area contributed by atoms with Crippen molar-refractivity contribution < 1.29 is 14.6 Å². The molecule has 158 valence electrons. The van der Waals surface area contributed by atoms with E-state index in [1.54, 1.807) is 7.11 Å². The minimum atomic E-state index is -0.503. The molecule has 1 heterocycles. The lowest BCUT2D eigenvalue weighted by Crippen LogP contribution is -2.48. The number of piperazine rings is 1. The molecule has 1 aliphatic heterocycles. The Morgan fingerprint density at radius 2 is 1.50 bits per heavy atom. The van der Waals surface area contributed by atoms with Gasteiger partial charge in [0.2, 0.25) is 0 Å². The van der Waals surface area contributed by atoms with Crippen LogP contribution in [0.15, 0.2) is 66.7 Å². The summed E-state index contributed by atoms with van der Waals surface area (Å²) in [5.74, 6) is 1.54. The summed E-state index contributed by atoms with van der Waals surface area (Å²) < 4.78 is 10.9. The summed E-state index contributed by atoms with van der Waals surface area (Å²) in [6.07, 6.45) is -0.503. The van der Waals surface area contributed by atoms with Gasteiger partial charge in [0.15, 0.2) is 0 Å². The zero-order chi connectivity index (χ0) is 20.8. The highest BCUT2D eigenvalue weighted by molar-refractivity contribution is 5.85. The Kier molecular flexibility index (Phi) is 6.84. The normalized spacial score (nSPS) is 16.5. The van der Waals surface area contributed by atoms with Crippen molar-refractivity contribution in [1.82, 2.24) is 9.80 Å². The van der Waals surface area contributed by atoms with Gasteiger partial charge in [0.05, 0.1) is 7.11 Å². The van der Waals surface area contributed by atoms with Gasteiger partial charge in [0, 0.05) is 39.3 Å². The quantitative estimate of drug-likeness (QED) is 0.621. The predicted molar refractivity (Wildman–Crippen MR) is 120 cm³/mol. The summed E-state index contributed by atoms with van der Waals surface area (Å²) in [4.78, 5) is 4.82. The van der Waals surface area contributed by atoms with E-state index >= 15 is 0 Å². The van der Waals surface area contributed by atoms with Gasteiger partial charge in [-0.05, 0) is 40.6 Å². The zero-order valence-electron chi connectivity index (χ0n) is 17.5. The molecule has 0 saturated carbocycles. The monoisotopic (exact) mass is 406 g/mol. The first kappa shape index (κ1) is 20.7. The van der Waals surface area contributed by atoms with Crippen molar-refractivity contribution in [3.05, 3.63) is 72.3 Å². The summed E-state index contributed by atoms with van der Waals surface area (Å²) in [5, 5.41) is 13.0. The molecule has 0 aromatic heterocycles. The number of hydrogen-bond donors (Lipinski definition) is 1. The molecule has 0 radical (unpaired) electrons. The van der Waals surface area contributed by atoms with Crippen molar-refractivity contribution in [2.24, 2.45) is 0 Å². The number of fused-ring (bicyclic) bond motifs is 1. The fourth-order valence-electron chi connectivity index (χ4n) is 4.02. The number of nitrogens with zero attached hydrogens (tertiary/aromatic N) is 2. The lowest BCUT2D eigenvalue weighted by Gasteiger charge is -2.35. The molecule has 30 heavy (non-hydrogen) atoms. The third kappa shape index (κ3) is 5.30. The molecule has 3 aromatic carbocycles. The van der Waals surface area contributed by atoms with E-state index in [1.165, 1.54) is 16.3 Å². The van der Waals surface area contributed by atoms with E-state index in [9.17, 15) is 5.11 Å². The third-order valence-corrected chi connectivity index (χ3v) is 5.71. The number of methoxy groups -OCH3 is 1. The van der Waals surface area contributed by atoms with Crippen LogP contribution in [0.4, 0.5) is 0 Å². The van der Waals surface area contributed by atoms with E-state index in [1.807, 2.05) is 24.3 Å². The molecule has 1 unspecified atom stereocenters. The van der Waals surface area contributed by atoms with Crippen LogP contribution in [0.1, 0.15) is 5.56 Å². The summed E-state index contributed by atoms with van der Waals surface area (Å²) in [6, 6.07) is 22.6. The van der Waals surface area contributed by atoms with Crippen LogP contribution in [0.25, 0.3) is 10.8 Å². The van der Waals surface area contributed by atoms with Crippen molar-refractivity contribution in [2.75, 3.05) is 46.4 Å². The van der Waals surface area contributed by atoms with E-state index in [-0.39, 0.29) is 0 Å². The van der Waals surface area contributed by atoms with Gasteiger partial charge < -0.3 is 14.6 Å². The Hall–Kier alpha value is -2.60. The van der Waals surface area contributed by atoms with E-state index in [0.29, 0.717) is 13.2 Å². The van der Waals surface area contributed by atoms with E-state index < -0.39 is 6.10 Å². The highest BCUT2D eigenvalue weighted by Crippen LogP contribution is 2.21. The van der Waals surface area contributed by atoms with Gasteiger partial charge in [-0.25, -0.2) is 0 Å². The molecule has 3 aromatic rings. The summed E-state index contributed by atoms with van der Waals surface area (Å²) in [5.41, 5.74) is 1.38. The molecule has 0 bridgehead atoms. The first-order chi connectivity index (χ1) is 14.7. The second-order valence-corrected chi connectivity index (χ2v) is 7.86. The minimum absolute atomic E-state index is 0.294. The molecule has 1 N–H and O–H groups in total.